The van der Waals surface area contributed by atoms with E-state index in [4.69, 9.17) is 4.74 Å². The smallest absolute Gasteiger partial charge is 0.271 e. The van der Waals surface area contributed by atoms with Crippen molar-refractivity contribution in [1.82, 2.24) is 9.47 Å². The van der Waals surface area contributed by atoms with Crippen molar-refractivity contribution in [2.24, 2.45) is 5.92 Å². The Balaban J connectivity index is 1.77. The van der Waals surface area contributed by atoms with Gasteiger partial charge in [-0.15, -0.1) is 11.3 Å². The molecule has 7 heteroatoms. The van der Waals surface area contributed by atoms with Crippen molar-refractivity contribution in [3.63, 3.8) is 0 Å². The second-order valence-electron chi connectivity index (χ2n) is 11.0. The number of benzene rings is 1. The van der Waals surface area contributed by atoms with Crippen LogP contribution in [0.2, 0.25) is 0 Å². The van der Waals surface area contributed by atoms with Crippen LogP contribution in [0.25, 0.3) is 21.7 Å². The third-order valence-electron chi connectivity index (χ3n) is 7.27. The molecule has 0 atom stereocenters. The third kappa shape index (κ3) is 4.03. The summed E-state index contributed by atoms with van der Waals surface area (Å²) in [5.41, 5.74) is 6.88. The lowest BCUT2D eigenvalue weighted by atomic mass is 9.93. The molecule has 0 aliphatic carbocycles. The first-order valence-corrected chi connectivity index (χ1v) is 13.6. The second kappa shape index (κ2) is 9.11. The zero-order chi connectivity index (χ0) is 25.8. The molecule has 0 saturated heterocycles. The molecular formula is C29H35N3O3S. The lowest BCUT2D eigenvalue weighted by Gasteiger charge is -2.35. The van der Waals surface area contributed by atoms with Gasteiger partial charge in [-0.25, -0.2) is 0 Å². The van der Waals surface area contributed by atoms with E-state index < -0.39 is 0 Å². The van der Waals surface area contributed by atoms with E-state index in [1.165, 1.54) is 10.4 Å². The number of carbonyl (C=O) groups excluding carboxylic acids is 2. The normalized spacial score (nSPS) is 15.3. The Kier molecular flexibility index (Phi) is 6.23. The monoisotopic (exact) mass is 505 g/mol. The predicted molar refractivity (Wildman–Crippen MR) is 146 cm³/mol. The molecule has 5 rings (SSSR count). The van der Waals surface area contributed by atoms with Crippen LogP contribution in [0, 0.1) is 5.92 Å². The first kappa shape index (κ1) is 24.6. The Morgan fingerprint density at radius 2 is 1.92 bits per heavy atom. The van der Waals surface area contributed by atoms with Gasteiger partial charge < -0.3 is 19.5 Å². The zero-order valence-electron chi connectivity index (χ0n) is 22.0. The largest absolute Gasteiger partial charge is 0.495 e. The maximum Gasteiger partial charge on any atom is 0.271 e. The number of carbonyl (C=O) groups is 2. The molecule has 0 fully saturated rings. The number of aryl methyl sites for hydroxylation is 1. The summed E-state index contributed by atoms with van der Waals surface area (Å²) in [5.74, 6) is 0.583. The second-order valence-corrected chi connectivity index (χ2v) is 12.0. The topological polar surface area (TPSA) is 63.6 Å². The molecule has 0 radical (unpaired) electrons. The van der Waals surface area contributed by atoms with E-state index in [1.54, 1.807) is 18.4 Å². The minimum atomic E-state index is -0.249. The molecule has 36 heavy (non-hydrogen) atoms. The first-order chi connectivity index (χ1) is 17.1. The lowest BCUT2D eigenvalue weighted by molar-refractivity contribution is -0.118. The van der Waals surface area contributed by atoms with E-state index in [0.717, 1.165) is 60.4 Å². The molecule has 1 aromatic carbocycles. The third-order valence-corrected chi connectivity index (χ3v) is 8.15. The molecular weight excluding hydrogens is 470 g/mol. The van der Waals surface area contributed by atoms with Crippen LogP contribution in [-0.2, 0) is 24.2 Å². The van der Waals surface area contributed by atoms with E-state index in [0.29, 0.717) is 11.4 Å². The van der Waals surface area contributed by atoms with Crippen molar-refractivity contribution in [2.45, 2.75) is 66.0 Å². The molecule has 190 valence electrons. The molecule has 0 spiro atoms. The van der Waals surface area contributed by atoms with Crippen molar-refractivity contribution in [3.05, 3.63) is 46.5 Å². The fraction of sp³-hybridized carbons (Fsp3) is 0.448. The average Bonchev–Trinajstić information content (AvgIpc) is 3.41. The molecule has 0 unspecified atom stereocenters. The van der Waals surface area contributed by atoms with Crippen LogP contribution >= 0.6 is 11.3 Å². The van der Waals surface area contributed by atoms with Crippen LogP contribution in [0.3, 0.4) is 0 Å². The number of hydrogen-bond donors (Lipinski definition) is 1. The fourth-order valence-corrected chi connectivity index (χ4v) is 6.26. The number of hydrogen-bond acceptors (Lipinski definition) is 4. The van der Waals surface area contributed by atoms with Crippen LogP contribution in [0.15, 0.2) is 29.6 Å². The summed E-state index contributed by atoms with van der Waals surface area (Å²) in [6.07, 6.45) is 2.59. The first-order valence-electron chi connectivity index (χ1n) is 12.7. The highest BCUT2D eigenvalue weighted by Gasteiger charge is 2.38. The van der Waals surface area contributed by atoms with Crippen molar-refractivity contribution in [3.8, 4) is 27.4 Å². The zero-order valence-corrected chi connectivity index (χ0v) is 22.8. The minimum absolute atomic E-state index is 0.0512. The number of anilines is 1. The fourth-order valence-electron chi connectivity index (χ4n) is 5.46. The summed E-state index contributed by atoms with van der Waals surface area (Å²) in [5, 5.41) is 5.15. The maximum absolute atomic E-state index is 14.1. The molecule has 2 aliphatic rings. The number of thiophene rings is 1. The molecule has 0 bridgehead atoms. The summed E-state index contributed by atoms with van der Waals surface area (Å²) < 4.78 is 7.92. The summed E-state index contributed by atoms with van der Waals surface area (Å²) in [7, 11) is 1.64. The lowest BCUT2D eigenvalue weighted by Crippen LogP contribution is -2.46. The van der Waals surface area contributed by atoms with Gasteiger partial charge in [-0.3, -0.25) is 9.59 Å². The summed E-state index contributed by atoms with van der Waals surface area (Å²) in [6, 6.07) is 8.32. The molecule has 1 N–H and O–H groups in total. The SMILES string of the molecule is COc1cc2c(cc1NC(=O)C(C)C)-c1c(-c3cccs3)c3c(n1CC2)C(=O)N(C(C)(C)C)CCC3. The van der Waals surface area contributed by atoms with Crippen molar-refractivity contribution in [1.29, 1.82) is 0 Å². The van der Waals surface area contributed by atoms with E-state index in [1.807, 2.05) is 24.8 Å². The number of methoxy groups -OCH3 is 1. The van der Waals surface area contributed by atoms with Gasteiger partial charge in [0.25, 0.3) is 5.91 Å². The average molecular weight is 506 g/mol. The molecule has 2 amide bonds. The van der Waals surface area contributed by atoms with Gasteiger partial charge in [0.05, 0.1) is 18.5 Å². The van der Waals surface area contributed by atoms with Crippen molar-refractivity contribution in [2.75, 3.05) is 19.0 Å². The Hall–Kier alpha value is -3.06. The summed E-state index contributed by atoms with van der Waals surface area (Å²) in [4.78, 5) is 29.9. The van der Waals surface area contributed by atoms with Gasteiger partial charge in [0, 0.05) is 40.6 Å². The number of ether oxygens (including phenoxy) is 1. The van der Waals surface area contributed by atoms with Crippen LogP contribution in [0.4, 0.5) is 5.69 Å². The van der Waals surface area contributed by atoms with Gasteiger partial charge in [0.15, 0.2) is 0 Å². The molecule has 2 aliphatic heterocycles. The number of rotatable bonds is 4. The standard InChI is InChI=1S/C29H35N3O3S/c1-17(2)27(33)30-21-16-20-18(15-22(21)35-6)11-13-31-25(20)24(23-10-8-14-36-23)19-9-7-12-32(29(3,4)5)28(34)26(19)31/h8,10,14-17H,7,9,11-13H2,1-6H3,(H,30,33). The molecule has 6 nitrogen and oxygen atoms in total. The molecule has 3 aromatic rings. The molecule has 2 aromatic heterocycles. The molecule has 4 heterocycles. The number of nitrogens with zero attached hydrogens (tertiary/aromatic N) is 2. The molecule has 0 saturated carbocycles. The Bertz CT molecular complexity index is 1330. The van der Waals surface area contributed by atoms with E-state index in [-0.39, 0.29) is 23.3 Å². The van der Waals surface area contributed by atoms with Crippen LogP contribution in [0.5, 0.6) is 5.75 Å². The highest BCUT2D eigenvalue weighted by atomic mass is 32.1. The van der Waals surface area contributed by atoms with Crippen LogP contribution < -0.4 is 10.1 Å². The van der Waals surface area contributed by atoms with Gasteiger partial charge in [-0.05, 0) is 74.7 Å². The van der Waals surface area contributed by atoms with Gasteiger partial charge >= 0.3 is 0 Å². The number of aromatic nitrogens is 1. The maximum atomic E-state index is 14.1. The number of nitrogens with one attached hydrogen (secondary N) is 1. The Morgan fingerprint density at radius 3 is 2.56 bits per heavy atom. The quantitative estimate of drug-likeness (QED) is 0.457. The van der Waals surface area contributed by atoms with Gasteiger partial charge in [0.1, 0.15) is 11.4 Å². The van der Waals surface area contributed by atoms with E-state index in [9.17, 15) is 9.59 Å². The van der Waals surface area contributed by atoms with E-state index in [2.05, 4.69) is 54.2 Å². The van der Waals surface area contributed by atoms with Gasteiger partial charge in [0.2, 0.25) is 5.91 Å². The van der Waals surface area contributed by atoms with Crippen molar-refractivity contribution >= 4 is 28.8 Å². The summed E-state index contributed by atoms with van der Waals surface area (Å²) >= 11 is 1.71. The highest BCUT2D eigenvalue weighted by molar-refractivity contribution is 7.13. The number of amides is 2. The van der Waals surface area contributed by atoms with Crippen LogP contribution in [0.1, 0.15) is 62.7 Å². The Morgan fingerprint density at radius 1 is 1.14 bits per heavy atom. The minimum Gasteiger partial charge on any atom is -0.495 e. The Labute approximate surface area is 217 Å². The van der Waals surface area contributed by atoms with Crippen molar-refractivity contribution < 1.29 is 14.3 Å². The van der Waals surface area contributed by atoms with E-state index >= 15 is 0 Å². The van der Waals surface area contributed by atoms with Gasteiger partial charge in [-0.2, -0.15) is 0 Å². The van der Waals surface area contributed by atoms with Crippen LogP contribution in [-0.4, -0.2) is 40.5 Å². The van der Waals surface area contributed by atoms with Gasteiger partial charge in [-0.1, -0.05) is 19.9 Å². The predicted octanol–water partition coefficient (Wildman–Crippen LogP) is 6.23. The highest BCUT2D eigenvalue weighted by Crippen LogP contribution is 2.48. The number of fused-ring (bicyclic) bond motifs is 5. The summed E-state index contributed by atoms with van der Waals surface area (Å²) in [6.45, 7) is 11.6.